The van der Waals surface area contributed by atoms with Crippen molar-refractivity contribution in [3.8, 4) is 0 Å². The molecule has 2 heterocycles. The molecule has 1 amide bonds. The highest BCUT2D eigenvalue weighted by molar-refractivity contribution is 7.98. The lowest BCUT2D eigenvalue weighted by Crippen LogP contribution is -2.61. The second kappa shape index (κ2) is 10.3. The number of carboxylic acids is 1. The molecule has 0 spiro atoms. The summed E-state index contributed by atoms with van der Waals surface area (Å²) in [6.07, 6.45) is 6.30. The molecule has 5 fully saturated rings. The molecule has 2 aromatic rings. The van der Waals surface area contributed by atoms with Gasteiger partial charge in [0.1, 0.15) is 5.03 Å². The average Bonchev–Trinajstić information content (AvgIpc) is 2.89. The maximum atomic E-state index is 13.8. The molecule has 2 unspecified atom stereocenters. The van der Waals surface area contributed by atoms with Gasteiger partial charge in [0, 0.05) is 29.4 Å². The summed E-state index contributed by atoms with van der Waals surface area (Å²) < 4.78 is 0. The van der Waals surface area contributed by atoms with Gasteiger partial charge < -0.3 is 20.8 Å². The van der Waals surface area contributed by atoms with E-state index in [0.29, 0.717) is 40.6 Å². The molecule has 1 saturated heterocycles. The average molecular weight is 536 g/mol. The van der Waals surface area contributed by atoms with E-state index in [-0.39, 0.29) is 18.4 Å². The summed E-state index contributed by atoms with van der Waals surface area (Å²) >= 11 is 1.53. The first-order chi connectivity index (χ1) is 18.3. The molecule has 4 N–H and O–H groups in total. The predicted octanol–water partition coefficient (Wildman–Crippen LogP) is 4.14. The largest absolute Gasteiger partial charge is 0.481 e. The number of aliphatic carboxylic acids is 1. The van der Waals surface area contributed by atoms with E-state index in [2.05, 4.69) is 22.8 Å². The van der Waals surface area contributed by atoms with Gasteiger partial charge in [-0.25, -0.2) is 4.98 Å². The first kappa shape index (κ1) is 25.8. The smallest absolute Gasteiger partial charge is 0.304 e. The number of carbonyl (C=O) groups excluding carboxylic acids is 1. The minimum absolute atomic E-state index is 0.0108. The number of carboxylic acid groups (broad SMARTS) is 1. The number of carbonyl (C=O) groups is 2. The van der Waals surface area contributed by atoms with Gasteiger partial charge in [0.2, 0.25) is 0 Å². The van der Waals surface area contributed by atoms with Gasteiger partial charge in [0.15, 0.2) is 0 Å². The zero-order chi connectivity index (χ0) is 26.3. The predicted molar refractivity (Wildman–Crippen MR) is 146 cm³/mol. The van der Waals surface area contributed by atoms with Gasteiger partial charge in [-0.3, -0.25) is 9.59 Å². The molecule has 7 rings (SSSR count). The monoisotopic (exact) mass is 535 g/mol. The molecule has 4 bridgehead atoms. The normalized spacial score (nSPS) is 33.7. The van der Waals surface area contributed by atoms with Gasteiger partial charge >= 0.3 is 5.97 Å². The number of thioether (sulfide) groups is 1. The maximum absolute atomic E-state index is 13.8. The molecule has 1 aromatic carbocycles. The second-order valence-electron chi connectivity index (χ2n) is 12.1. The Hall–Kier alpha value is -2.42. The zero-order valence-electron chi connectivity index (χ0n) is 21.7. The topological polar surface area (TPSA) is 112 Å². The molecular weight excluding hydrogens is 498 g/mol. The minimum atomic E-state index is -0.834. The van der Waals surface area contributed by atoms with E-state index in [4.69, 9.17) is 4.98 Å². The van der Waals surface area contributed by atoms with Crippen LogP contribution in [0.15, 0.2) is 47.5 Å². The van der Waals surface area contributed by atoms with E-state index in [1.54, 1.807) is 0 Å². The van der Waals surface area contributed by atoms with Crippen LogP contribution in [0.25, 0.3) is 0 Å². The third-order valence-corrected chi connectivity index (χ3v) is 10.4. The van der Waals surface area contributed by atoms with E-state index in [0.717, 1.165) is 62.7 Å². The van der Waals surface area contributed by atoms with Gasteiger partial charge in [-0.15, -0.1) is 11.8 Å². The molecule has 8 heteroatoms. The lowest BCUT2D eigenvalue weighted by atomic mass is 9.52. The van der Waals surface area contributed by atoms with Crippen molar-refractivity contribution < 1.29 is 19.8 Å². The Bertz CT molecular complexity index is 1180. The van der Waals surface area contributed by atoms with Gasteiger partial charge in [0.25, 0.3) is 5.91 Å². The summed E-state index contributed by atoms with van der Waals surface area (Å²) in [5.74, 6) is 0.964. The molecule has 1 aromatic heterocycles. The van der Waals surface area contributed by atoms with Gasteiger partial charge in [-0.1, -0.05) is 30.3 Å². The molecule has 0 radical (unpaired) electrons. The molecule has 7 nitrogen and oxygen atoms in total. The standard InChI is InChI=1S/C30H37N3O4S/c34-25(35)16-29(9-4-10-31-18-29)24-8-7-23(28(32-24)38-17-19-5-2-1-3-6-19)27(36)33-26-21-11-20-12-22(26)15-30(37,13-20)14-21/h1-3,5-8,20-22,26,31,37H,4,9-18H2,(H,33,36)(H,34,35)/t20?,21?,22?,26?,29-,30?/m0/s1. The van der Waals surface area contributed by atoms with E-state index < -0.39 is 17.0 Å². The van der Waals surface area contributed by atoms with Gasteiger partial charge in [0.05, 0.1) is 17.6 Å². The summed E-state index contributed by atoms with van der Waals surface area (Å²) in [5.41, 5.74) is 1.32. The molecule has 5 aliphatic rings. The van der Waals surface area contributed by atoms with Crippen LogP contribution in [0.2, 0.25) is 0 Å². The molecule has 4 saturated carbocycles. The van der Waals surface area contributed by atoms with Crippen molar-refractivity contribution in [2.75, 3.05) is 13.1 Å². The molecule has 38 heavy (non-hydrogen) atoms. The minimum Gasteiger partial charge on any atom is -0.481 e. The fraction of sp³-hybridized carbons (Fsp3) is 0.567. The van der Waals surface area contributed by atoms with Crippen molar-refractivity contribution in [3.63, 3.8) is 0 Å². The van der Waals surface area contributed by atoms with Crippen LogP contribution >= 0.6 is 11.8 Å². The van der Waals surface area contributed by atoms with Crippen LogP contribution in [0, 0.1) is 17.8 Å². The lowest BCUT2D eigenvalue weighted by molar-refractivity contribution is -0.138. The number of hydrogen-bond donors (Lipinski definition) is 4. The fourth-order valence-electron chi connectivity index (χ4n) is 7.91. The van der Waals surface area contributed by atoms with Crippen LogP contribution in [0.3, 0.4) is 0 Å². The maximum Gasteiger partial charge on any atom is 0.304 e. The van der Waals surface area contributed by atoms with Gasteiger partial charge in [-0.05, 0) is 86.9 Å². The number of rotatable bonds is 8. The number of piperidine rings is 1. The van der Waals surface area contributed by atoms with E-state index in [1.165, 1.54) is 11.8 Å². The zero-order valence-corrected chi connectivity index (χ0v) is 22.5. The van der Waals surface area contributed by atoms with Crippen molar-refractivity contribution in [3.05, 3.63) is 59.3 Å². The summed E-state index contributed by atoms with van der Waals surface area (Å²) in [5, 5.41) is 28.1. The SMILES string of the molecule is O=C(O)C[C@@]1(c2ccc(C(=O)NC3C4CC5CC3CC(O)(C5)C4)c(SCc3ccccc3)n2)CCCNC1. The van der Waals surface area contributed by atoms with E-state index in [1.807, 2.05) is 30.3 Å². The number of aliphatic hydroxyl groups is 1. The Balaban J connectivity index is 1.29. The summed E-state index contributed by atoms with van der Waals surface area (Å²) in [6.45, 7) is 1.44. The van der Waals surface area contributed by atoms with E-state index >= 15 is 0 Å². The molecule has 1 aliphatic heterocycles. The number of nitrogens with one attached hydrogen (secondary N) is 2. The highest BCUT2D eigenvalue weighted by Gasteiger charge is 2.55. The number of pyridine rings is 1. The van der Waals surface area contributed by atoms with Crippen molar-refractivity contribution in [2.45, 2.75) is 79.2 Å². The fourth-order valence-corrected chi connectivity index (χ4v) is 8.88. The van der Waals surface area contributed by atoms with Crippen LogP contribution in [-0.4, -0.2) is 51.8 Å². The van der Waals surface area contributed by atoms with Crippen LogP contribution in [0.5, 0.6) is 0 Å². The number of benzene rings is 1. The molecule has 202 valence electrons. The van der Waals surface area contributed by atoms with Crippen LogP contribution in [0.4, 0.5) is 0 Å². The Morgan fingerprint density at radius 3 is 2.50 bits per heavy atom. The third kappa shape index (κ3) is 5.10. The van der Waals surface area contributed by atoms with Crippen LogP contribution in [0.1, 0.15) is 73.0 Å². The quantitative estimate of drug-likeness (QED) is 0.376. The highest BCUT2D eigenvalue weighted by Crippen LogP contribution is 2.55. The Morgan fingerprint density at radius 2 is 1.84 bits per heavy atom. The van der Waals surface area contributed by atoms with Gasteiger partial charge in [-0.2, -0.15) is 0 Å². The Labute approximate surface area is 228 Å². The summed E-state index contributed by atoms with van der Waals surface area (Å²) in [4.78, 5) is 30.6. The molecule has 4 aliphatic carbocycles. The van der Waals surface area contributed by atoms with E-state index in [9.17, 15) is 19.8 Å². The second-order valence-corrected chi connectivity index (χ2v) is 13.1. The number of hydrogen-bond acceptors (Lipinski definition) is 6. The molecule has 3 atom stereocenters. The summed E-state index contributed by atoms with van der Waals surface area (Å²) in [6, 6.07) is 13.9. The van der Waals surface area contributed by atoms with Crippen LogP contribution in [-0.2, 0) is 16.0 Å². The van der Waals surface area contributed by atoms with Crippen molar-refractivity contribution in [2.24, 2.45) is 17.8 Å². The summed E-state index contributed by atoms with van der Waals surface area (Å²) in [7, 11) is 0. The van der Waals surface area contributed by atoms with Crippen molar-refractivity contribution in [1.29, 1.82) is 0 Å². The Morgan fingerprint density at radius 1 is 1.08 bits per heavy atom. The highest BCUT2D eigenvalue weighted by atomic mass is 32.2. The first-order valence-electron chi connectivity index (χ1n) is 14.0. The van der Waals surface area contributed by atoms with Crippen LogP contribution < -0.4 is 10.6 Å². The first-order valence-corrected chi connectivity index (χ1v) is 15.0. The number of nitrogens with zero attached hydrogens (tertiary/aromatic N) is 1. The Kier molecular flexibility index (Phi) is 6.99. The molecular formula is C30H37N3O4S. The third-order valence-electron chi connectivity index (χ3n) is 9.37. The lowest BCUT2D eigenvalue weighted by Gasteiger charge is -2.58. The number of aromatic nitrogens is 1. The number of amides is 1. The van der Waals surface area contributed by atoms with Crippen molar-refractivity contribution in [1.82, 2.24) is 15.6 Å². The van der Waals surface area contributed by atoms with Crippen molar-refractivity contribution >= 4 is 23.6 Å².